The predicted molar refractivity (Wildman–Crippen MR) is 105 cm³/mol. The summed E-state index contributed by atoms with van der Waals surface area (Å²) >= 11 is 0.831. The second kappa shape index (κ2) is 8.09. The number of nitrogens with one attached hydrogen (secondary N) is 2. The first kappa shape index (κ1) is 20.0. The molecule has 0 saturated carbocycles. The summed E-state index contributed by atoms with van der Waals surface area (Å²) < 4.78 is 7.77. The van der Waals surface area contributed by atoms with Crippen molar-refractivity contribution in [3.05, 3.63) is 20.0 Å². The number of ether oxygens (including phenoxy) is 1. The molecule has 0 radical (unpaired) electrons. The smallest absolute Gasteiger partial charge is 0.311 e. The fourth-order valence-corrected chi connectivity index (χ4v) is 4.47. The number of nitrogen functional groups attached to an aromatic ring is 1. The molecule has 3 rings (SSSR count). The van der Waals surface area contributed by atoms with Crippen molar-refractivity contribution < 1.29 is 9.84 Å². The van der Waals surface area contributed by atoms with E-state index in [1.54, 1.807) is 0 Å². The quantitative estimate of drug-likeness (QED) is 0.542. The van der Waals surface area contributed by atoms with Crippen LogP contribution >= 0.6 is 11.3 Å². The Hall–Kier alpha value is -1.75. The summed E-state index contributed by atoms with van der Waals surface area (Å²) in [6, 6.07) is 0.0604. The van der Waals surface area contributed by atoms with Crippen molar-refractivity contribution in [2.24, 2.45) is 5.92 Å². The van der Waals surface area contributed by atoms with Gasteiger partial charge in [0, 0.05) is 12.0 Å². The number of aromatic nitrogens is 3. The van der Waals surface area contributed by atoms with Crippen LogP contribution < -0.4 is 21.5 Å². The highest BCUT2D eigenvalue weighted by Crippen LogP contribution is 2.39. The molecule has 0 aliphatic carbocycles. The molecule has 1 aliphatic rings. The lowest BCUT2D eigenvalue weighted by molar-refractivity contribution is -0.0671. The molecule has 0 unspecified atom stereocenters. The number of aliphatic hydroxyl groups excluding tert-OH is 1. The molecule has 2 aromatic heterocycles. The maximum Gasteiger partial charge on any atom is 0.311 e. The van der Waals surface area contributed by atoms with Crippen molar-refractivity contribution in [3.8, 4) is 0 Å². The maximum absolute atomic E-state index is 12.7. The Labute approximate surface area is 160 Å². The van der Waals surface area contributed by atoms with Crippen LogP contribution in [0.15, 0.2) is 9.59 Å². The minimum atomic E-state index is -0.620. The number of hydrogen-bond acceptors (Lipinski definition) is 8. The number of nitrogens with zero attached hydrogens (tertiary/aromatic N) is 2. The number of fused-ring (bicyclic) bond motifs is 1. The zero-order valence-corrected chi connectivity index (χ0v) is 16.6. The van der Waals surface area contributed by atoms with E-state index in [-0.39, 0.29) is 39.2 Å². The minimum Gasteiger partial charge on any atom is -0.390 e. The Morgan fingerprint density at radius 1 is 1.48 bits per heavy atom. The number of thiazole rings is 1. The molecule has 0 aromatic carbocycles. The van der Waals surface area contributed by atoms with Crippen molar-refractivity contribution in [2.75, 3.05) is 12.3 Å². The van der Waals surface area contributed by atoms with Gasteiger partial charge in [0.2, 0.25) is 5.95 Å². The summed E-state index contributed by atoms with van der Waals surface area (Å²) in [5.74, 6) is -0.101. The van der Waals surface area contributed by atoms with Crippen molar-refractivity contribution in [1.29, 1.82) is 0 Å². The number of hydrogen-bond donors (Lipinski definition) is 4. The van der Waals surface area contributed by atoms with E-state index < -0.39 is 17.9 Å². The Morgan fingerprint density at radius 3 is 2.89 bits per heavy atom. The van der Waals surface area contributed by atoms with Crippen LogP contribution in [0.2, 0.25) is 0 Å². The average molecular weight is 398 g/mol. The molecule has 1 aliphatic heterocycles. The van der Waals surface area contributed by atoms with Crippen LogP contribution in [0.1, 0.15) is 46.3 Å². The van der Waals surface area contributed by atoms with Gasteiger partial charge in [-0.3, -0.25) is 19.1 Å². The average Bonchev–Trinajstić information content (AvgIpc) is 3.20. The van der Waals surface area contributed by atoms with Crippen LogP contribution in [-0.2, 0) is 4.74 Å². The van der Waals surface area contributed by atoms with Crippen LogP contribution in [-0.4, -0.2) is 44.4 Å². The van der Waals surface area contributed by atoms with Gasteiger partial charge in [-0.25, -0.2) is 0 Å². The van der Waals surface area contributed by atoms with Gasteiger partial charge in [0.1, 0.15) is 10.9 Å². The highest BCUT2D eigenvalue weighted by Gasteiger charge is 2.43. The Kier molecular flexibility index (Phi) is 5.99. The van der Waals surface area contributed by atoms with E-state index in [1.165, 1.54) is 4.57 Å². The van der Waals surface area contributed by atoms with Crippen molar-refractivity contribution in [1.82, 2.24) is 19.9 Å². The fraction of sp³-hybridized carbons (Fsp3) is 0.706. The topological polar surface area (TPSA) is 135 Å². The van der Waals surface area contributed by atoms with Gasteiger partial charge in [0.25, 0.3) is 5.56 Å². The summed E-state index contributed by atoms with van der Waals surface area (Å²) in [5.41, 5.74) is 5.49. The lowest BCUT2D eigenvalue weighted by Crippen LogP contribution is -2.38. The molecule has 150 valence electrons. The highest BCUT2D eigenvalue weighted by molar-refractivity contribution is 7.16. The first-order valence-electron chi connectivity index (χ1n) is 9.35. The largest absolute Gasteiger partial charge is 0.390 e. The van der Waals surface area contributed by atoms with E-state index in [4.69, 9.17) is 10.5 Å². The van der Waals surface area contributed by atoms with Crippen LogP contribution in [0.25, 0.3) is 10.3 Å². The first-order chi connectivity index (χ1) is 12.9. The van der Waals surface area contributed by atoms with Gasteiger partial charge in [-0.1, -0.05) is 25.2 Å². The van der Waals surface area contributed by atoms with Gasteiger partial charge >= 0.3 is 4.87 Å². The van der Waals surface area contributed by atoms with E-state index in [2.05, 4.69) is 22.2 Å². The zero-order chi connectivity index (χ0) is 19.7. The Morgan fingerprint density at radius 2 is 2.22 bits per heavy atom. The maximum atomic E-state index is 12.7. The SMILES string of the molecule is CCCN[C@H](C)[C@@H]1C[C@@H]([C@@H](O)CC)O[C@H]1n1c(=O)sc2c(=O)[nH]c(N)nc21. The van der Waals surface area contributed by atoms with Gasteiger partial charge in [-0.05, 0) is 32.7 Å². The molecule has 3 heterocycles. The van der Waals surface area contributed by atoms with Crippen LogP contribution in [0.3, 0.4) is 0 Å². The number of nitrogens with two attached hydrogens (primary N) is 1. The molecular formula is C17H27N5O4S. The van der Waals surface area contributed by atoms with E-state index >= 15 is 0 Å². The molecule has 27 heavy (non-hydrogen) atoms. The van der Waals surface area contributed by atoms with E-state index in [0.29, 0.717) is 12.8 Å². The molecule has 1 fully saturated rings. The standard InChI is InChI=1S/C17H27N5O4S/c1-4-6-19-8(3)9-7-11(10(23)5-2)26-15(9)22-13-12(27-17(22)25)14(24)21-16(18)20-13/h8-11,15,19,23H,4-7H2,1-3H3,(H3,18,20,21,24)/t8-,9+,10+,11+,15-/m1/s1. The van der Waals surface area contributed by atoms with E-state index in [9.17, 15) is 14.7 Å². The minimum absolute atomic E-state index is 0.0455. The summed E-state index contributed by atoms with van der Waals surface area (Å²) in [7, 11) is 0. The van der Waals surface area contributed by atoms with Crippen LogP contribution in [0.5, 0.6) is 0 Å². The van der Waals surface area contributed by atoms with Gasteiger partial charge in [0.05, 0.1) is 12.2 Å². The molecular weight excluding hydrogens is 370 g/mol. The lowest BCUT2D eigenvalue weighted by atomic mass is 9.93. The van der Waals surface area contributed by atoms with Crippen LogP contribution in [0, 0.1) is 5.92 Å². The molecule has 2 aromatic rings. The van der Waals surface area contributed by atoms with Gasteiger partial charge in [-0.15, -0.1) is 0 Å². The molecule has 1 saturated heterocycles. The molecule has 9 nitrogen and oxygen atoms in total. The number of H-pyrrole nitrogens is 1. The summed E-state index contributed by atoms with van der Waals surface area (Å²) in [6.45, 7) is 6.87. The Balaban J connectivity index is 2.06. The van der Waals surface area contributed by atoms with Crippen molar-refractivity contribution in [2.45, 2.75) is 64.5 Å². The molecule has 0 amide bonds. The van der Waals surface area contributed by atoms with Crippen molar-refractivity contribution >= 4 is 27.6 Å². The van der Waals surface area contributed by atoms with Gasteiger partial charge in [-0.2, -0.15) is 4.98 Å². The molecule has 10 heteroatoms. The van der Waals surface area contributed by atoms with Crippen molar-refractivity contribution in [3.63, 3.8) is 0 Å². The van der Waals surface area contributed by atoms with Gasteiger partial charge < -0.3 is 20.9 Å². The molecule has 5 atom stereocenters. The Bertz CT molecular complexity index is 907. The fourth-order valence-electron chi connectivity index (χ4n) is 3.63. The number of rotatable bonds is 7. The molecule has 0 bridgehead atoms. The summed E-state index contributed by atoms with van der Waals surface area (Å²) in [5, 5.41) is 13.7. The number of aromatic amines is 1. The first-order valence-corrected chi connectivity index (χ1v) is 10.2. The van der Waals surface area contributed by atoms with E-state index in [0.717, 1.165) is 24.3 Å². The second-order valence-electron chi connectivity index (χ2n) is 7.02. The van der Waals surface area contributed by atoms with Crippen LogP contribution in [0.4, 0.5) is 5.95 Å². The second-order valence-corrected chi connectivity index (χ2v) is 7.99. The third-order valence-electron chi connectivity index (χ3n) is 5.14. The molecule has 0 spiro atoms. The third kappa shape index (κ3) is 3.79. The third-order valence-corrected chi connectivity index (χ3v) is 6.08. The number of anilines is 1. The normalized spacial score (nSPS) is 25.1. The molecule has 5 N–H and O–H groups in total. The lowest BCUT2D eigenvalue weighted by Gasteiger charge is -2.26. The summed E-state index contributed by atoms with van der Waals surface area (Å²) in [4.78, 5) is 31.1. The monoisotopic (exact) mass is 397 g/mol. The van der Waals surface area contributed by atoms with Gasteiger partial charge in [0.15, 0.2) is 5.65 Å². The van der Waals surface area contributed by atoms with E-state index in [1.807, 2.05) is 13.8 Å². The highest BCUT2D eigenvalue weighted by atomic mass is 32.1. The predicted octanol–water partition coefficient (Wildman–Crippen LogP) is 0.791. The number of aliphatic hydroxyl groups is 1. The zero-order valence-electron chi connectivity index (χ0n) is 15.8. The summed E-state index contributed by atoms with van der Waals surface area (Å²) in [6.07, 6.45) is 0.546.